The van der Waals surface area contributed by atoms with E-state index in [1.54, 1.807) is 25.1 Å². The van der Waals surface area contributed by atoms with Gasteiger partial charge in [-0.25, -0.2) is 0 Å². The van der Waals surface area contributed by atoms with Crippen molar-refractivity contribution in [2.75, 3.05) is 11.9 Å². The second-order valence-corrected chi connectivity index (χ2v) is 7.86. The maximum absolute atomic E-state index is 12.4. The number of anilines is 1. The number of carbonyl (C=O) groups excluding carboxylic acids is 4. The van der Waals surface area contributed by atoms with Crippen LogP contribution in [-0.2, 0) is 27.2 Å². The minimum absolute atomic E-state index is 0.0515. The van der Waals surface area contributed by atoms with Gasteiger partial charge in [0.15, 0.2) is 18.2 Å². The molecule has 1 aliphatic carbocycles. The zero-order valence-corrected chi connectivity index (χ0v) is 16.8. The van der Waals surface area contributed by atoms with Crippen LogP contribution in [0.15, 0.2) is 36.4 Å². The lowest BCUT2D eigenvalue weighted by atomic mass is 9.99. The van der Waals surface area contributed by atoms with E-state index in [2.05, 4.69) is 5.32 Å². The van der Waals surface area contributed by atoms with Crippen molar-refractivity contribution in [3.63, 3.8) is 0 Å². The normalized spacial score (nSPS) is 16.6. The standard InChI is InChI=1S/C24H23NO5/c1-14-19-12-18(7-8-20(19)25-24(14)29)22(27)13-30-23(28)10-9-21(26)17-6-5-15-3-2-4-16(15)11-17/h5-8,11-12,14H,2-4,9-10,13H2,1H3,(H,25,29)/t14-/m0/s1. The van der Waals surface area contributed by atoms with Gasteiger partial charge in [-0.1, -0.05) is 12.1 Å². The van der Waals surface area contributed by atoms with Gasteiger partial charge in [0.05, 0.1) is 12.3 Å². The van der Waals surface area contributed by atoms with Crippen LogP contribution in [0.4, 0.5) is 5.69 Å². The Morgan fingerprint density at radius 3 is 2.53 bits per heavy atom. The lowest BCUT2D eigenvalue weighted by Gasteiger charge is -2.07. The first kappa shape index (κ1) is 20.0. The molecular weight excluding hydrogens is 382 g/mol. The molecule has 0 aromatic heterocycles. The van der Waals surface area contributed by atoms with E-state index < -0.39 is 5.97 Å². The van der Waals surface area contributed by atoms with Gasteiger partial charge in [-0.15, -0.1) is 0 Å². The molecule has 0 bridgehead atoms. The minimum atomic E-state index is -0.579. The van der Waals surface area contributed by atoms with Crippen LogP contribution in [0.5, 0.6) is 0 Å². The summed E-state index contributed by atoms with van der Waals surface area (Å²) in [5.74, 6) is -1.45. The van der Waals surface area contributed by atoms with Crippen LogP contribution in [0.25, 0.3) is 0 Å². The number of hydrogen-bond donors (Lipinski definition) is 1. The lowest BCUT2D eigenvalue weighted by Crippen LogP contribution is -2.15. The minimum Gasteiger partial charge on any atom is -0.457 e. The van der Waals surface area contributed by atoms with Crippen molar-refractivity contribution in [3.05, 3.63) is 64.2 Å². The molecule has 2 aromatic carbocycles. The molecule has 0 saturated carbocycles. The summed E-state index contributed by atoms with van der Waals surface area (Å²) in [6, 6.07) is 10.7. The molecule has 6 heteroatoms. The SMILES string of the molecule is C[C@@H]1C(=O)Nc2ccc(C(=O)COC(=O)CCC(=O)c3ccc4c(c3)CCC4)cc21. The van der Waals surface area contributed by atoms with Gasteiger partial charge in [0.2, 0.25) is 5.91 Å². The third-order valence-corrected chi connectivity index (χ3v) is 5.83. The molecule has 4 rings (SSSR count). The van der Waals surface area contributed by atoms with E-state index in [1.807, 2.05) is 18.2 Å². The summed E-state index contributed by atoms with van der Waals surface area (Å²) in [6.45, 7) is 1.38. The number of aryl methyl sites for hydroxylation is 2. The van der Waals surface area contributed by atoms with Gasteiger partial charge in [-0.3, -0.25) is 19.2 Å². The fourth-order valence-electron chi connectivity index (χ4n) is 4.00. The monoisotopic (exact) mass is 405 g/mol. The summed E-state index contributed by atoms with van der Waals surface area (Å²) in [6.07, 6.45) is 3.15. The molecule has 1 aliphatic heterocycles. The average Bonchev–Trinajstić information content (AvgIpc) is 3.33. The Kier molecular flexibility index (Phi) is 5.48. The maximum atomic E-state index is 12.4. The first-order chi connectivity index (χ1) is 14.4. The molecule has 0 saturated heterocycles. The molecule has 2 aromatic rings. The van der Waals surface area contributed by atoms with Crippen LogP contribution in [0.2, 0.25) is 0 Å². The van der Waals surface area contributed by atoms with Gasteiger partial charge in [-0.05, 0) is 67.1 Å². The van der Waals surface area contributed by atoms with Gasteiger partial charge in [0.1, 0.15) is 0 Å². The van der Waals surface area contributed by atoms with Crippen molar-refractivity contribution in [3.8, 4) is 0 Å². The van der Waals surface area contributed by atoms with E-state index in [-0.39, 0.29) is 42.8 Å². The van der Waals surface area contributed by atoms with Gasteiger partial charge < -0.3 is 10.1 Å². The van der Waals surface area contributed by atoms with E-state index in [1.165, 1.54) is 11.1 Å². The third-order valence-electron chi connectivity index (χ3n) is 5.83. The Morgan fingerprint density at radius 2 is 1.70 bits per heavy atom. The summed E-state index contributed by atoms with van der Waals surface area (Å²) in [5.41, 5.74) is 4.98. The van der Waals surface area contributed by atoms with Crippen molar-refractivity contribution in [2.24, 2.45) is 0 Å². The summed E-state index contributed by atoms with van der Waals surface area (Å²) >= 11 is 0. The number of hydrogen-bond acceptors (Lipinski definition) is 5. The number of Topliss-reactive ketones (excluding diaryl/α,β-unsaturated/α-hetero) is 2. The molecule has 0 unspecified atom stereocenters. The molecule has 1 atom stereocenters. The molecule has 6 nitrogen and oxygen atoms in total. The molecule has 0 fully saturated rings. The zero-order valence-electron chi connectivity index (χ0n) is 16.8. The third kappa shape index (κ3) is 4.03. The van der Waals surface area contributed by atoms with E-state index in [4.69, 9.17) is 4.74 Å². The number of carbonyl (C=O) groups is 4. The molecule has 30 heavy (non-hydrogen) atoms. The zero-order chi connectivity index (χ0) is 21.3. The van der Waals surface area contributed by atoms with E-state index in [0.29, 0.717) is 16.8 Å². The van der Waals surface area contributed by atoms with Gasteiger partial charge >= 0.3 is 5.97 Å². The van der Waals surface area contributed by atoms with E-state index in [9.17, 15) is 19.2 Å². The van der Waals surface area contributed by atoms with Crippen molar-refractivity contribution < 1.29 is 23.9 Å². The summed E-state index contributed by atoms with van der Waals surface area (Å²) in [5, 5.41) is 2.75. The molecule has 1 heterocycles. The highest BCUT2D eigenvalue weighted by molar-refractivity contribution is 6.05. The molecule has 1 N–H and O–H groups in total. The highest BCUT2D eigenvalue weighted by atomic mass is 16.5. The second-order valence-electron chi connectivity index (χ2n) is 7.86. The van der Waals surface area contributed by atoms with Crippen LogP contribution >= 0.6 is 0 Å². The number of ether oxygens (including phenoxy) is 1. The van der Waals surface area contributed by atoms with Crippen molar-refractivity contribution in [2.45, 2.75) is 44.9 Å². The Morgan fingerprint density at radius 1 is 0.967 bits per heavy atom. The van der Waals surface area contributed by atoms with Crippen LogP contribution in [-0.4, -0.2) is 30.0 Å². The largest absolute Gasteiger partial charge is 0.457 e. The van der Waals surface area contributed by atoms with Crippen molar-refractivity contribution >= 4 is 29.1 Å². The number of ketones is 2. The highest BCUT2D eigenvalue weighted by Crippen LogP contribution is 2.32. The van der Waals surface area contributed by atoms with Crippen LogP contribution in [0.1, 0.15) is 69.5 Å². The van der Waals surface area contributed by atoms with Crippen LogP contribution in [0, 0.1) is 0 Å². The lowest BCUT2D eigenvalue weighted by molar-refractivity contribution is -0.142. The van der Waals surface area contributed by atoms with E-state index in [0.717, 1.165) is 24.8 Å². The fourth-order valence-corrected chi connectivity index (χ4v) is 4.00. The Bertz CT molecular complexity index is 1060. The molecule has 0 spiro atoms. The maximum Gasteiger partial charge on any atom is 0.306 e. The quantitative estimate of drug-likeness (QED) is 0.561. The smallest absolute Gasteiger partial charge is 0.306 e. The first-order valence-corrected chi connectivity index (χ1v) is 10.2. The predicted molar refractivity (Wildman–Crippen MR) is 111 cm³/mol. The van der Waals surface area contributed by atoms with Gasteiger partial charge in [0.25, 0.3) is 0 Å². The van der Waals surface area contributed by atoms with Crippen molar-refractivity contribution in [1.29, 1.82) is 0 Å². The number of benzene rings is 2. The fraction of sp³-hybridized carbons (Fsp3) is 0.333. The Balaban J connectivity index is 1.27. The van der Waals surface area contributed by atoms with Crippen molar-refractivity contribution in [1.82, 2.24) is 0 Å². The number of nitrogens with one attached hydrogen (secondary N) is 1. The first-order valence-electron chi connectivity index (χ1n) is 10.2. The van der Waals surface area contributed by atoms with Crippen LogP contribution in [0.3, 0.4) is 0 Å². The average molecular weight is 405 g/mol. The summed E-state index contributed by atoms with van der Waals surface area (Å²) in [4.78, 5) is 48.4. The second kappa shape index (κ2) is 8.22. The summed E-state index contributed by atoms with van der Waals surface area (Å²) in [7, 11) is 0. The van der Waals surface area contributed by atoms with Crippen LogP contribution < -0.4 is 5.32 Å². The summed E-state index contributed by atoms with van der Waals surface area (Å²) < 4.78 is 5.06. The Labute approximate surface area is 174 Å². The molecule has 154 valence electrons. The number of amides is 1. The number of fused-ring (bicyclic) bond motifs is 2. The number of esters is 1. The Hall–Kier alpha value is -3.28. The van der Waals surface area contributed by atoms with E-state index >= 15 is 0 Å². The molecule has 2 aliphatic rings. The molecule has 0 radical (unpaired) electrons. The molecular formula is C24H23NO5. The topological polar surface area (TPSA) is 89.5 Å². The van der Waals surface area contributed by atoms with Gasteiger partial charge in [-0.2, -0.15) is 0 Å². The highest BCUT2D eigenvalue weighted by Gasteiger charge is 2.27. The number of rotatable bonds is 7. The predicted octanol–water partition coefficient (Wildman–Crippen LogP) is 3.62. The van der Waals surface area contributed by atoms with Gasteiger partial charge in [0, 0.05) is 23.2 Å². The molecule has 1 amide bonds.